The largest absolute Gasteiger partial charge is 0.330 e. The highest BCUT2D eigenvalue weighted by atomic mass is 15.2. The number of benzene rings is 1. The molecular weight excluding hydrogens is 224 g/mol. The van der Waals surface area contributed by atoms with E-state index in [2.05, 4.69) is 33.9 Å². The van der Waals surface area contributed by atoms with Gasteiger partial charge in [-0.05, 0) is 37.6 Å². The lowest BCUT2D eigenvalue weighted by molar-refractivity contribution is 0.907. The third-order valence-electron chi connectivity index (χ3n) is 2.75. The van der Waals surface area contributed by atoms with Crippen LogP contribution in [0.5, 0.6) is 0 Å². The van der Waals surface area contributed by atoms with Crippen LogP contribution in [0, 0.1) is 0 Å². The smallest absolute Gasteiger partial charge is 0.229 e. The minimum absolute atomic E-state index is 0.624. The fourth-order valence-electron chi connectivity index (χ4n) is 1.83. The van der Waals surface area contributed by atoms with Crippen molar-refractivity contribution >= 4 is 11.6 Å². The van der Waals surface area contributed by atoms with Crippen LogP contribution in [0.4, 0.5) is 11.6 Å². The standard InChI is InChI=1S/C14H18N4/c1-2-18(13-6-4-3-5-7-13)14-16-10-12(8-9-15)11-17-14/h3-7,10-11H,2,8-9,15H2,1H3. The Morgan fingerprint density at radius 1 is 1.11 bits per heavy atom. The number of rotatable bonds is 5. The molecule has 18 heavy (non-hydrogen) atoms. The Bertz CT molecular complexity index is 467. The van der Waals surface area contributed by atoms with Crippen molar-refractivity contribution in [1.82, 2.24) is 9.97 Å². The lowest BCUT2D eigenvalue weighted by atomic mass is 10.2. The van der Waals surface area contributed by atoms with Crippen LogP contribution in [0.3, 0.4) is 0 Å². The molecule has 0 saturated heterocycles. The number of para-hydroxylation sites is 1. The summed E-state index contributed by atoms with van der Waals surface area (Å²) >= 11 is 0. The second-order valence-corrected chi connectivity index (χ2v) is 4.01. The minimum Gasteiger partial charge on any atom is -0.330 e. The van der Waals surface area contributed by atoms with E-state index in [1.165, 1.54) is 0 Å². The first-order valence-electron chi connectivity index (χ1n) is 6.18. The number of aromatic nitrogens is 2. The van der Waals surface area contributed by atoms with Crippen LogP contribution in [0.25, 0.3) is 0 Å². The predicted octanol–water partition coefficient (Wildman–Crippen LogP) is 2.14. The third kappa shape index (κ3) is 2.84. The zero-order valence-corrected chi connectivity index (χ0v) is 10.6. The zero-order valence-electron chi connectivity index (χ0n) is 10.6. The van der Waals surface area contributed by atoms with Gasteiger partial charge in [0.1, 0.15) is 0 Å². The first-order valence-corrected chi connectivity index (χ1v) is 6.18. The Hall–Kier alpha value is -1.94. The molecule has 1 heterocycles. The molecule has 0 amide bonds. The van der Waals surface area contributed by atoms with Crippen molar-refractivity contribution in [3.63, 3.8) is 0 Å². The molecule has 0 aliphatic heterocycles. The summed E-state index contributed by atoms with van der Waals surface area (Å²) in [7, 11) is 0. The lowest BCUT2D eigenvalue weighted by Crippen LogP contribution is -2.18. The molecule has 1 aromatic carbocycles. The maximum absolute atomic E-state index is 5.51. The van der Waals surface area contributed by atoms with Crippen molar-refractivity contribution in [2.75, 3.05) is 18.0 Å². The van der Waals surface area contributed by atoms with Gasteiger partial charge in [-0.3, -0.25) is 0 Å². The number of nitrogens with two attached hydrogens (primary N) is 1. The van der Waals surface area contributed by atoms with Gasteiger partial charge >= 0.3 is 0 Å². The van der Waals surface area contributed by atoms with Crippen LogP contribution >= 0.6 is 0 Å². The Morgan fingerprint density at radius 2 is 1.78 bits per heavy atom. The molecule has 0 aliphatic carbocycles. The van der Waals surface area contributed by atoms with Crippen LogP contribution in [-0.4, -0.2) is 23.1 Å². The summed E-state index contributed by atoms with van der Waals surface area (Å²) in [4.78, 5) is 10.9. The highest BCUT2D eigenvalue weighted by Gasteiger charge is 2.09. The summed E-state index contributed by atoms with van der Waals surface area (Å²) in [6.45, 7) is 3.54. The molecule has 0 radical (unpaired) electrons. The average molecular weight is 242 g/mol. The summed E-state index contributed by atoms with van der Waals surface area (Å²) < 4.78 is 0. The Kier molecular flexibility index (Phi) is 4.25. The zero-order chi connectivity index (χ0) is 12.8. The number of nitrogens with zero attached hydrogens (tertiary/aromatic N) is 3. The van der Waals surface area contributed by atoms with Crippen molar-refractivity contribution in [3.05, 3.63) is 48.3 Å². The topological polar surface area (TPSA) is 55.0 Å². The van der Waals surface area contributed by atoms with Gasteiger partial charge in [0.05, 0.1) is 0 Å². The first kappa shape index (κ1) is 12.5. The summed E-state index contributed by atoms with van der Waals surface area (Å²) in [5.74, 6) is 0.726. The molecule has 0 saturated carbocycles. The van der Waals surface area contributed by atoms with E-state index in [1.807, 2.05) is 30.6 Å². The summed E-state index contributed by atoms with van der Waals surface area (Å²) in [6, 6.07) is 10.1. The molecule has 0 atom stereocenters. The van der Waals surface area contributed by atoms with E-state index >= 15 is 0 Å². The number of hydrogen-bond donors (Lipinski definition) is 1. The summed E-state index contributed by atoms with van der Waals surface area (Å²) in [5.41, 5.74) is 7.69. The van der Waals surface area contributed by atoms with E-state index in [9.17, 15) is 0 Å². The van der Waals surface area contributed by atoms with Gasteiger partial charge in [0, 0.05) is 24.6 Å². The van der Waals surface area contributed by atoms with Crippen LogP contribution in [0.15, 0.2) is 42.7 Å². The van der Waals surface area contributed by atoms with Crippen LogP contribution in [0.2, 0.25) is 0 Å². The molecule has 2 rings (SSSR count). The summed E-state index contributed by atoms with van der Waals surface area (Å²) in [5, 5.41) is 0. The Morgan fingerprint density at radius 3 is 2.33 bits per heavy atom. The molecule has 0 aliphatic rings. The van der Waals surface area contributed by atoms with E-state index in [1.54, 1.807) is 0 Å². The number of hydrogen-bond acceptors (Lipinski definition) is 4. The van der Waals surface area contributed by atoms with E-state index in [4.69, 9.17) is 5.73 Å². The van der Waals surface area contributed by atoms with Crippen LogP contribution in [0.1, 0.15) is 12.5 Å². The molecule has 0 spiro atoms. The van der Waals surface area contributed by atoms with Crippen molar-refractivity contribution < 1.29 is 0 Å². The molecule has 0 unspecified atom stereocenters. The molecular formula is C14H18N4. The molecule has 4 heteroatoms. The van der Waals surface area contributed by atoms with Gasteiger partial charge in [0.25, 0.3) is 0 Å². The molecule has 0 fully saturated rings. The summed E-state index contributed by atoms with van der Waals surface area (Å²) in [6.07, 6.45) is 4.51. The van der Waals surface area contributed by atoms with Gasteiger partial charge in [-0.25, -0.2) is 9.97 Å². The lowest BCUT2D eigenvalue weighted by Gasteiger charge is -2.20. The Balaban J connectivity index is 2.23. The monoisotopic (exact) mass is 242 g/mol. The van der Waals surface area contributed by atoms with Crippen molar-refractivity contribution in [1.29, 1.82) is 0 Å². The second-order valence-electron chi connectivity index (χ2n) is 4.01. The Labute approximate surface area is 107 Å². The maximum atomic E-state index is 5.51. The quantitative estimate of drug-likeness (QED) is 0.872. The highest BCUT2D eigenvalue weighted by molar-refractivity contribution is 5.56. The number of anilines is 2. The first-order chi connectivity index (χ1) is 8.85. The van der Waals surface area contributed by atoms with Crippen molar-refractivity contribution in [2.45, 2.75) is 13.3 Å². The molecule has 2 N–H and O–H groups in total. The minimum atomic E-state index is 0.624. The van der Waals surface area contributed by atoms with E-state index < -0.39 is 0 Å². The average Bonchev–Trinajstić information content (AvgIpc) is 2.43. The van der Waals surface area contributed by atoms with Gasteiger partial charge in [-0.2, -0.15) is 0 Å². The van der Waals surface area contributed by atoms with Gasteiger partial charge in [0.15, 0.2) is 0 Å². The molecule has 4 nitrogen and oxygen atoms in total. The van der Waals surface area contributed by atoms with E-state index in [-0.39, 0.29) is 0 Å². The molecule has 94 valence electrons. The van der Waals surface area contributed by atoms with E-state index in [0.717, 1.165) is 30.2 Å². The normalized spacial score (nSPS) is 10.3. The van der Waals surface area contributed by atoms with Crippen LogP contribution in [-0.2, 0) is 6.42 Å². The highest BCUT2D eigenvalue weighted by Crippen LogP contribution is 2.20. The van der Waals surface area contributed by atoms with Gasteiger partial charge < -0.3 is 10.6 Å². The fourth-order valence-corrected chi connectivity index (χ4v) is 1.83. The van der Waals surface area contributed by atoms with Gasteiger partial charge in [-0.1, -0.05) is 18.2 Å². The third-order valence-corrected chi connectivity index (χ3v) is 2.75. The van der Waals surface area contributed by atoms with Crippen molar-refractivity contribution in [2.24, 2.45) is 5.73 Å². The molecule has 0 bridgehead atoms. The van der Waals surface area contributed by atoms with Gasteiger partial charge in [-0.15, -0.1) is 0 Å². The SMILES string of the molecule is CCN(c1ccccc1)c1ncc(CCN)cn1. The van der Waals surface area contributed by atoms with E-state index in [0.29, 0.717) is 6.54 Å². The van der Waals surface area contributed by atoms with Crippen LogP contribution < -0.4 is 10.6 Å². The second kappa shape index (κ2) is 6.12. The predicted molar refractivity (Wildman–Crippen MR) is 73.9 cm³/mol. The maximum Gasteiger partial charge on any atom is 0.229 e. The molecule has 2 aromatic rings. The van der Waals surface area contributed by atoms with Gasteiger partial charge in [0.2, 0.25) is 5.95 Å². The fraction of sp³-hybridized carbons (Fsp3) is 0.286. The van der Waals surface area contributed by atoms with Crippen molar-refractivity contribution in [3.8, 4) is 0 Å². The molecule has 1 aromatic heterocycles.